The second-order valence-corrected chi connectivity index (χ2v) is 7.23. The van der Waals surface area contributed by atoms with Crippen LogP contribution in [0, 0.1) is 23.3 Å². The van der Waals surface area contributed by atoms with Gasteiger partial charge in [-0.15, -0.1) is 20.4 Å². The number of halogens is 4. The van der Waals surface area contributed by atoms with Crippen molar-refractivity contribution in [3.63, 3.8) is 0 Å². The van der Waals surface area contributed by atoms with Crippen LogP contribution in [0.1, 0.15) is 27.6 Å². The Kier molecular flexibility index (Phi) is 7.04. The number of benzene rings is 2. The van der Waals surface area contributed by atoms with Gasteiger partial charge in [0.2, 0.25) is 5.88 Å². The summed E-state index contributed by atoms with van der Waals surface area (Å²) >= 11 is 0. The van der Waals surface area contributed by atoms with E-state index in [0.717, 1.165) is 24.3 Å². The third-order valence-corrected chi connectivity index (χ3v) is 4.89. The third-order valence-electron chi connectivity index (χ3n) is 4.89. The highest BCUT2D eigenvalue weighted by molar-refractivity contribution is 5.97. The van der Waals surface area contributed by atoms with Crippen LogP contribution < -0.4 is 4.74 Å². The Morgan fingerprint density at radius 3 is 1.89 bits per heavy atom. The van der Waals surface area contributed by atoms with Crippen molar-refractivity contribution < 1.29 is 41.7 Å². The largest absolute Gasteiger partial charge is 0.492 e. The molecule has 0 fully saturated rings. The maximum Gasteiger partial charge on any atom is 0.350 e. The fourth-order valence-electron chi connectivity index (χ4n) is 3.16. The van der Waals surface area contributed by atoms with Crippen molar-refractivity contribution in [2.75, 3.05) is 6.61 Å². The average molecular weight is 514 g/mol. The molecule has 0 saturated carbocycles. The topological polar surface area (TPSA) is 124 Å². The number of rotatable bonds is 6. The van der Waals surface area contributed by atoms with Gasteiger partial charge in [-0.05, 0) is 43.3 Å². The number of nitrogens with zero attached hydrogens (tertiary/aromatic N) is 4. The molecule has 188 valence electrons. The minimum absolute atomic E-state index is 0.0875. The van der Waals surface area contributed by atoms with E-state index in [-0.39, 0.29) is 29.1 Å². The van der Waals surface area contributed by atoms with Crippen LogP contribution in [0.4, 0.5) is 17.6 Å². The molecule has 2 aromatic carbocycles. The van der Waals surface area contributed by atoms with Crippen molar-refractivity contribution in [3.05, 3.63) is 82.9 Å². The van der Waals surface area contributed by atoms with Crippen LogP contribution in [-0.4, -0.2) is 44.0 Å². The summed E-state index contributed by atoms with van der Waals surface area (Å²) in [5, 5.41) is 24.2. The first-order chi connectivity index (χ1) is 17.7. The summed E-state index contributed by atoms with van der Waals surface area (Å²) in [5.74, 6) is -8.83. The van der Waals surface area contributed by atoms with Crippen LogP contribution in [0.5, 0.6) is 11.8 Å². The fourth-order valence-corrected chi connectivity index (χ4v) is 3.16. The summed E-state index contributed by atoms with van der Waals surface area (Å²) in [7, 11) is 0. The molecule has 0 atom stereocenters. The lowest BCUT2D eigenvalue weighted by molar-refractivity contribution is 0.0518. The van der Waals surface area contributed by atoms with Crippen LogP contribution in [0.3, 0.4) is 0 Å². The Morgan fingerprint density at radius 2 is 1.32 bits per heavy atom. The second-order valence-electron chi connectivity index (χ2n) is 7.23. The molecule has 37 heavy (non-hydrogen) atoms. The monoisotopic (exact) mass is 514 g/mol. The number of hydrogen-bond acceptors (Lipinski definition) is 9. The van der Waals surface area contributed by atoms with Crippen molar-refractivity contribution in [3.8, 4) is 34.3 Å². The van der Waals surface area contributed by atoms with Crippen LogP contribution in [0.15, 0.2) is 48.5 Å². The predicted octanol–water partition coefficient (Wildman–Crippen LogP) is 4.26. The number of aromatic hydroxyl groups is 1. The SMILES string of the molecule is CCOC(=O)c1cc(-c2cccc(F)c2F)nnc1OC(=O)c1cc(-c2cccc(F)c2F)nnc1O. The van der Waals surface area contributed by atoms with Gasteiger partial charge < -0.3 is 14.6 Å². The lowest BCUT2D eigenvalue weighted by Crippen LogP contribution is -2.16. The molecule has 1 N–H and O–H groups in total. The van der Waals surface area contributed by atoms with Gasteiger partial charge in [0.15, 0.2) is 23.3 Å². The molecular formula is C24H14F4N4O5. The van der Waals surface area contributed by atoms with Gasteiger partial charge in [0.25, 0.3) is 5.88 Å². The van der Waals surface area contributed by atoms with E-state index >= 15 is 0 Å². The minimum Gasteiger partial charge on any atom is -0.492 e. The summed E-state index contributed by atoms with van der Waals surface area (Å²) in [6.45, 7) is 1.41. The predicted molar refractivity (Wildman–Crippen MR) is 117 cm³/mol. The van der Waals surface area contributed by atoms with E-state index in [2.05, 4.69) is 20.4 Å². The lowest BCUT2D eigenvalue weighted by Gasteiger charge is -2.11. The number of ether oxygens (including phenoxy) is 2. The van der Waals surface area contributed by atoms with Gasteiger partial charge in [0.1, 0.15) is 11.1 Å². The highest BCUT2D eigenvalue weighted by Crippen LogP contribution is 2.29. The van der Waals surface area contributed by atoms with E-state index in [4.69, 9.17) is 9.47 Å². The molecular weight excluding hydrogens is 500 g/mol. The van der Waals surface area contributed by atoms with Crippen molar-refractivity contribution in [2.24, 2.45) is 0 Å². The van der Waals surface area contributed by atoms with Crippen molar-refractivity contribution in [2.45, 2.75) is 6.92 Å². The van der Waals surface area contributed by atoms with Crippen LogP contribution in [0.25, 0.3) is 22.5 Å². The van der Waals surface area contributed by atoms with E-state index in [1.807, 2.05) is 0 Å². The van der Waals surface area contributed by atoms with Gasteiger partial charge in [-0.1, -0.05) is 12.1 Å². The number of carbonyl (C=O) groups is 2. The van der Waals surface area contributed by atoms with E-state index in [9.17, 15) is 32.3 Å². The van der Waals surface area contributed by atoms with Gasteiger partial charge in [-0.3, -0.25) is 0 Å². The van der Waals surface area contributed by atoms with E-state index in [1.165, 1.54) is 31.2 Å². The number of hydrogen-bond donors (Lipinski definition) is 1. The summed E-state index contributed by atoms with van der Waals surface area (Å²) in [6.07, 6.45) is 0. The molecule has 9 nitrogen and oxygen atoms in total. The standard InChI is InChI=1S/C24H14F4N4O5/c1-2-36-23(34)14-10-18(12-6-4-8-16(26)20(12)28)30-32-22(14)37-24(35)13-9-17(29-31-21(13)33)11-5-3-7-15(25)19(11)27/h3-10H,2H2,1H3,(H,31,33). The summed E-state index contributed by atoms with van der Waals surface area (Å²) in [4.78, 5) is 25.3. The molecule has 0 aliphatic heterocycles. The van der Waals surface area contributed by atoms with Crippen molar-refractivity contribution in [1.29, 1.82) is 0 Å². The molecule has 0 spiro atoms. The molecule has 4 aromatic rings. The average Bonchev–Trinajstić information content (AvgIpc) is 2.88. The fraction of sp³-hybridized carbons (Fsp3) is 0.0833. The highest BCUT2D eigenvalue weighted by Gasteiger charge is 2.25. The number of esters is 2. The maximum absolute atomic E-state index is 14.2. The molecule has 0 aliphatic rings. The zero-order valence-electron chi connectivity index (χ0n) is 18.7. The van der Waals surface area contributed by atoms with Crippen LogP contribution in [-0.2, 0) is 4.74 Å². The minimum atomic E-state index is -1.32. The quantitative estimate of drug-likeness (QED) is 0.297. The summed E-state index contributed by atoms with van der Waals surface area (Å²) in [5.41, 5.74) is -2.36. The molecule has 0 unspecified atom stereocenters. The van der Waals surface area contributed by atoms with Crippen LogP contribution in [0.2, 0.25) is 0 Å². The summed E-state index contributed by atoms with van der Waals surface area (Å²) < 4.78 is 65.7. The van der Waals surface area contributed by atoms with Gasteiger partial charge in [0.05, 0.1) is 18.0 Å². The first kappa shape index (κ1) is 25.2. The molecule has 0 amide bonds. The maximum atomic E-state index is 14.2. The molecule has 4 rings (SSSR count). The van der Waals surface area contributed by atoms with Gasteiger partial charge in [-0.25, -0.2) is 27.2 Å². The highest BCUT2D eigenvalue weighted by atomic mass is 19.2. The zero-order chi connectivity index (χ0) is 26.7. The first-order valence-electron chi connectivity index (χ1n) is 10.4. The van der Waals surface area contributed by atoms with Gasteiger partial charge in [0, 0.05) is 11.1 Å². The Hall–Kier alpha value is -4.94. The smallest absolute Gasteiger partial charge is 0.350 e. The molecule has 0 radical (unpaired) electrons. The van der Waals surface area contributed by atoms with Crippen molar-refractivity contribution >= 4 is 11.9 Å². The number of carbonyl (C=O) groups excluding carboxylic acids is 2. The van der Waals surface area contributed by atoms with Crippen LogP contribution >= 0.6 is 0 Å². The molecule has 0 bridgehead atoms. The Morgan fingerprint density at radius 1 is 0.784 bits per heavy atom. The second kappa shape index (κ2) is 10.4. The molecule has 2 heterocycles. The van der Waals surface area contributed by atoms with E-state index in [0.29, 0.717) is 0 Å². The lowest BCUT2D eigenvalue weighted by atomic mass is 10.1. The van der Waals surface area contributed by atoms with Gasteiger partial charge in [-0.2, -0.15) is 0 Å². The molecule has 0 aliphatic carbocycles. The van der Waals surface area contributed by atoms with Gasteiger partial charge >= 0.3 is 11.9 Å². The zero-order valence-corrected chi connectivity index (χ0v) is 18.7. The first-order valence-corrected chi connectivity index (χ1v) is 10.4. The van der Waals surface area contributed by atoms with E-state index in [1.54, 1.807) is 0 Å². The Balaban J connectivity index is 1.73. The Bertz CT molecular complexity index is 1530. The third kappa shape index (κ3) is 5.05. The Labute approximate surface area is 205 Å². The van der Waals surface area contributed by atoms with Crippen molar-refractivity contribution in [1.82, 2.24) is 20.4 Å². The molecule has 0 saturated heterocycles. The van der Waals surface area contributed by atoms with E-state index < -0.39 is 58.1 Å². The molecule has 2 aromatic heterocycles. The normalized spacial score (nSPS) is 10.7. The number of aromatic nitrogens is 4. The summed E-state index contributed by atoms with van der Waals surface area (Å²) in [6, 6.07) is 8.39. The molecule has 13 heteroatoms.